The molecule has 0 unspecified atom stereocenters. The second-order valence-electron chi connectivity index (χ2n) is 7.04. The van der Waals surface area contributed by atoms with E-state index in [4.69, 9.17) is 14.1 Å². The Morgan fingerprint density at radius 3 is 2.76 bits per heavy atom. The molecule has 1 saturated heterocycles. The van der Waals surface area contributed by atoms with E-state index in [1.165, 1.54) is 24.4 Å². The molecule has 29 heavy (non-hydrogen) atoms. The van der Waals surface area contributed by atoms with E-state index < -0.39 is 5.97 Å². The Labute approximate surface area is 174 Å². The molecule has 0 amide bonds. The van der Waals surface area contributed by atoms with E-state index in [-0.39, 0.29) is 5.76 Å². The van der Waals surface area contributed by atoms with Gasteiger partial charge in [0.1, 0.15) is 22.7 Å². The first-order valence-electron chi connectivity index (χ1n) is 9.79. The van der Waals surface area contributed by atoms with Crippen molar-refractivity contribution >= 4 is 23.5 Å². The van der Waals surface area contributed by atoms with Crippen molar-refractivity contribution in [1.29, 1.82) is 5.26 Å². The summed E-state index contributed by atoms with van der Waals surface area (Å²) in [6.45, 7) is 3.02. The number of nitrogens with zero attached hydrogens (tertiary/aromatic N) is 3. The van der Waals surface area contributed by atoms with Crippen molar-refractivity contribution in [3.8, 4) is 6.07 Å². The summed E-state index contributed by atoms with van der Waals surface area (Å²) in [4.78, 5) is 18.8. The topological polar surface area (TPSA) is 88.6 Å². The van der Waals surface area contributed by atoms with Crippen molar-refractivity contribution in [2.24, 2.45) is 0 Å². The average Bonchev–Trinajstić information content (AvgIpc) is 3.26. The lowest BCUT2D eigenvalue weighted by Gasteiger charge is -2.32. The third-order valence-corrected chi connectivity index (χ3v) is 6.28. The Bertz CT molecular complexity index is 944. The van der Waals surface area contributed by atoms with Crippen LogP contribution in [0.5, 0.6) is 0 Å². The van der Waals surface area contributed by atoms with Crippen LogP contribution in [0.3, 0.4) is 0 Å². The summed E-state index contributed by atoms with van der Waals surface area (Å²) in [5.41, 5.74) is 3.05. The van der Waals surface area contributed by atoms with Gasteiger partial charge < -0.3 is 18.8 Å². The maximum absolute atomic E-state index is 11.6. The number of ether oxygens (including phenoxy) is 2. The average molecular weight is 413 g/mol. The number of carbonyl (C=O) groups is 1. The molecule has 3 heterocycles. The van der Waals surface area contributed by atoms with Crippen LogP contribution in [0, 0.1) is 11.3 Å². The van der Waals surface area contributed by atoms with Crippen LogP contribution in [-0.4, -0.2) is 44.4 Å². The van der Waals surface area contributed by atoms with Gasteiger partial charge in [-0.05, 0) is 48.9 Å². The van der Waals surface area contributed by atoms with Crippen LogP contribution in [0.1, 0.15) is 45.8 Å². The number of fused-ring (bicyclic) bond motifs is 1. The summed E-state index contributed by atoms with van der Waals surface area (Å²) < 4.78 is 15.7. The first-order chi connectivity index (χ1) is 14.2. The number of esters is 1. The molecule has 1 aliphatic carbocycles. The van der Waals surface area contributed by atoms with Gasteiger partial charge >= 0.3 is 5.97 Å². The van der Waals surface area contributed by atoms with Crippen LogP contribution in [0.4, 0.5) is 5.82 Å². The number of aromatic nitrogens is 1. The van der Waals surface area contributed by atoms with Gasteiger partial charge in [-0.1, -0.05) is 11.8 Å². The van der Waals surface area contributed by atoms with Gasteiger partial charge in [-0.2, -0.15) is 5.26 Å². The zero-order valence-electron chi connectivity index (χ0n) is 16.4. The Hall–Kier alpha value is -2.50. The van der Waals surface area contributed by atoms with Crippen molar-refractivity contribution in [3.05, 3.63) is 40.3 Å². The maximum atomic E-state index is 11.6. The largest absolute Gasteiger partial charge is 0.463 e. The zero-order chi connectivity index (χ0) is 20.2. The minimum atomic E-state index is -0.500. The van der Waals surface area contributed by atoms with Crippen LogP contribution in [0.15, 0.2) is 21.6 Å². The van der Waals surface area contributed by atoms with E-state index in [2.05, 4.69) is 15.7 Å². The minimum Gasteiger partial charge on any atom is -0.463 e. The second-order valence-corrected chi connectivity index (χ2v) is 8.00. The molecule has 0 bridgehead atoms. The molecular formula is C21H23N3O4S. The fourth-order valence-electron chi connectivity index (χ4n) is 3.84. The number of rotatable bonds is 5. The number of anilines is 1. The molecule has 2 aromatic rings. The van der Waals surface area contributed by atoms with Gasteiger partial charge in [-0.3, -0.25) is 0 Å². The highest BCUT2D eigenvalue weighted by molar-refractivity contribution is 7.98. The molecule has 1 fully saturated rings. The smallest absolute Gasteiger partial charge is 0.373 e. The lowest BCUT2D eigenvalue weighted by atomic mass is 9.89. The van der Waals surface area contributed by atoms with Crippen molar-refractivity contribution in [1.82, 2.24) is 4.98 Å². The summed E-state index contributed by atoms with van der Waals surface area (Å²) >= 11 is 1.47. The van der Waals surface area contributed by atoms with Crippen LogP contribution < -0.4 is 4.90 Å². The first-order valence-corrected chi connectivity index (χ1v) is 10.8. The summed E-state index contributed by atoms with van der Waals surface area (Å²) in [6, 6.07) is 5.75. The van der Waals surface area contributed by atoms with E-state index in [1.54, 1.807) is 12.1 Å². The number of thioether (sulfide) groups is 1. The summed E-state index contributed by atoms with van der Waals surface area (Å²) in [6.07, 6.45) is 4.11. The standard InChI is InChI=1S/C21H23N3O4S/c1-26-21(25)18-7-6-14(28-18)13-29-20-17(12-22)15-4-2-3-5-16(15)19(23-20)24-8-10-27-11-9-24/h6-7H,2-5,8-11,13H2,1H3. The molecule has 2 aromatic heterocycles. The number of nitriles is 1. The molecule has 0 aromatic carbocycles. The van der Waals surface area contributed by atoms with E-state index in [9.17, 15) is 10.1 Å². The fourth-order valence-corrected chi connectivity index (χ4v) is 4.74. The predicted molar refractivity (Wildman–Crippen MR) is 108 cm³/mol. The van der Waals surface area contributed by atoms with Crippen LogP contribution in [0.2, 0.25) is 0 Å². The number of hydrogen-bond acceptors (Lipinski definition) is 8. The number of furan rings is 1. The minimum absolute atomic E-state index is 0.177. The first kappa shape index (κ1) is 19.8. The molecule has 152 valence electrons. The van der Waals surface area contributed by atoms with Crippen molar-refractivity contribution in [2.45, 2.75) is 36.5 Å². The zero-order valence-corrected chi connectivity index (χ0v) is 17.2. The molecule has 7 nitrogen and oxygen atoms in total. The quantitative estimate of drug-likeness (QED) is 0.545. The Kier molecular flexibility index (Phi) is 6.07. The normalized spacial score (nSPS) is 16.2. The van der Waals surface area contributed by atoms with E-state index in [0.717, 1.165) is 55.2 Å². The summed E-state index contributed by atoms with van der Waals surface area (Å²) in [7, 11) is 1.32. The number of hydrogen-bond donors (Lipinski definition) is 0. The van der Waals surface area contributed by atoms with Crippen LogP contribution in [-0.2, 0) is 28.1 Å². The van der Waals surface area contributed by atoms with E-state index in [1.807, 2.05) is 0 Å². The monoisotopic (exact) mass is 413 g/mol. The maximum Gasteiger partial charge on any atom is 0.373 e. The lowest BCUT2D eigenvalue weighted by Crippen LogP contribution is -2.38. The van der Waals surface area contributed by atoms with Crippen molar-refractivity contribution in [3.63, 3.8) is 0 Å². The van der Waals surface area contributed by atoms with Gasteiger partial charge in [-0.15, -0.1) is 0 Å². The molecular weight excluding hydrogens is 390 g/mol. The molecule has 0 N–H and O–H groups in total. The molecule has 0 spiro atoms. The third kappa shape index (κ3) is 4.11. The number of methoxy groups -OCH3 is 1. The molecule has 0 radical (unpaired) electrons. The fraction of sp³-hybridized carbons (Fsp3) is 0.476. The van der Waals surface area contributed by atoms with Gasteiger partial charge in [0.2, 0.25) is 5.76 Å². The Morgan fingerprint density at radius 1 is 1.28 bits per heavy atom. The van der Waals surface area contributed by atoms with E-state index in [0.29, 0.717) is 30.3 Å². The number of carbonyl (C=O) groups excluding carboxylic acids is 1. The summed E-state index contributed by atoms with van der Waals surface area (Å²) in [5, 5.41) is 10.6. The Balaban J connectivity index is 1.64. The highest BCUT2D eigenvalue weighted by atomic mass is 32.2. The van der Waals surface area contributed by atoms with Crippen molar-refractivity contribution in [2.75, 3.05) is 38.3 Å². The van der Waals surface area contributed by atoms with Crippen LogP contribution >= 0.6 is 11.8 Å². The van der Waals surface area contributed by atoms with Gasteiger partial charge in [-0.25, -0.2) is 9.78 Å². The van der Waals surface area contributed by atoms with Gasteiger partial charge in [0.05, 0.1) is 31.6 Å². The van der Waals surface area contributed by atoms with Gasteiger partial charge in [0.25, 0.3) is 0 Å². The lowest BCUT2D eigenvalue weighted by molar-refractivity contribution is 0.0563. The highest BCUT2D eigenvalue weighted by Crippen LogP contribution is 2.37. The van der Waals surface area contributed by atoms with Crippen LogP contribution in [0.25, 0.3) is 0 Å². The number of morpholine rings is 1. The number of pyridine rings is 1. The predicted octanol–water partition coefficient (Wildman–Crippen LogP) is 3.34. The second kappa shape index (κ2) is 8.89. The molecule has 0 atom stereocenters. The third-order valence-electron chi connectivity index (χ3n) is 5.28. The SMILES string of the molecule is COC(=O)c1ccc(CSc2nc(N3CCOCC3)c3c(c2C#N)CCCC3)o1. The molecule has 8 heteroatoms. The summed E-state index contributed by atoms with van der Waals surface area (Å²) in [5.74, 6) is 1.81. The van der Waals surface area contributed by atoms with E-state index >= 15 is 0 Å². The molecule has 2 aliphatic rings. The molecule has 0 saturated carbocycles. The van der Waals surface area contributed by atoms with Crippen molar-refractivity contribution < 1.29 is 18.7 Å². The van der Waals surface area contributed by atoms with Gasteiger partial charge in [0.15, 0.2) is 0 Å². The Morgan fingerprint density at radius 2 is 2.03 bits per heavy atom. The molecule has 4 rings (SSSR count). The molecule has 1 aliphatic heterocycles. The van der Waals surface area contributed by atoms with Gasteiger partial charge in [0, 0.05) is 13.1 Å². The highest BCUT2D eigenvalue weighted by Gasteiger charge is 2.26.